The number of nitrogens with one attached hydrogen (secondary N) is 2. The Hall–Kier alpha value is -0.870. The average molecular weight is 506 g/mol. The normalized spacial score (nSPS) is 23.6. The van der Waals surface area contributed by atoms with Crippen molar-refractivity contribution < 1.29 is 8.42 Å². The van der Waals surface area contributed by atoms with Gasteiger partial charge < -0.3 is 10.6 Å². The van der Waals surface area contributed by atoms with Crippen LogP contribution in [0, 0.1) is 5.92 Å². The van der Waals surface area contributed by atoms with Crippen LogP contribution in [0.4, 0.5) is 0 Å². The molecule has 2 N–H and O–H groups in total. The van der Waals surface area contributed by atoms with Crippen molar-refractivity contribution in [3.8, 4) is 0 Å². The maximum Gasteiger partial charge on any atom is 0.191 e. The van der Waals surface area contributed by atoms with Crippen molar-refractivity contribution in [1.29, 1.82) is 0 Å². The topological polar surface area (TPSA) is 73.8 Å². The number of nitrogens with zero attached hydrogens (tertiary/aromatic N) is 2. The highest BCUT2D eigenvalue weighted by molar-refractivity contribution is 14.0. The van der Waals surface area contributed by atoms with Crippen molar-refractivity contribution in [2.24, 2.45) is 10.9 Å². The van der Waals surface area contributed by atoms with Gasteiger partial charge in [-0.05, 0) is 43.8 Å². The number of benzene rings is 1. The van der Waals surface area contributed by atoms with Crippen LogP contribution in [0.1, 0.15) is 30.9 Å². The van der Waals surface area contributed by atoms with Gasteiger partial charge in [0.25, 0.3) is 0 Å². The third-order valence-electron chi connectivity index (χ3n) is 5.34. The van der Waals surface area contributed by atoms with E-state index < -0.39 is 9.84 Å². The Labute approximate surface area is 180 Å². The van der Waals surface area contributed by atoms with Gasteiger partial charge in [0.15, 0.2) is 15.8 Å². The monoisotopic (exact) mass is 506 g/mol. The molecule has 0 amide bonds. The summed E-state index contributed by atoms with van der Waals surface area (Å²) in [4.78, 5) is 6.83. The number of guanidine groups is 1. The molecule has 2 aliphatic heterocycles. The van der Waals surface area contributed by atoms with Crippen LogP contribution in [0.25, 0.3) is 0 Å². The number of hydrogen-bond donors (Lipinski definition) is 2. The van der Waals surface area contributed by atoms with Crippen LogP contribution in [0.15, 0.2) is 35.3 Å². The molecule has 0 radical (unpaired) electrons. The van der Waals surface area contributed by atoms with E-state index in [1.807, 2.05) is 6.07 Å². The Balaban J connectivity index is 0.00000261. The second-order valence-electron chi connectivity index (χ2n) is 7.27. The van der Waals surface area contributed by atoms with E-state index in [1.165, 1.54) is 18.4 Å². The molecule has 1 aromatic carbocycles. The van der Waals surface area contributed by atoms with Gasteiger partial charge in [0.2, 0.25) is 0 Å². The molecule has 3 rings (SSSR count). The number of aliphatic imine (C=N–C) groups is 1. The van der Waals surface area contributed by atoms with Crippen molar-refractivity contribution >= 4 is 39.8 Å². The Kier molecular flexibility index (Phi) is 8.81. The molecule has 152 valence electrons. The minimum Gasteiger partial charge on any atom is -0.356 e. The van der Waals surface area contributed by atoms with E-state index in [9.17, 15) is 8.42 Å². The van der Waals surface area contributed by atoms with Gasteiger partial charge in [-0.3, -0.25) is 9.89 Å². The molecule has 2 heterocycles. The largest absolute Gasteiger partial charge is 0.356 e. The second-order valence-corrected chi connectivity index (χ2v) is 9.50. The maximum absolute atomic E-state index is 11.6. The Morgan fingerprint density at radius 3 is 2.52 bits per heavy atom. The fourth-order valence-corrected chi connectivity index (χ4v) is 5.74. The highest BCUT2D eigenvalue weighted by Gasteiger charge is 2.28. The molecule has 2 saturated heterocycles. The molecule has 0 aromatic heterocycles. The molecule has 0 bridgehead atoms. The zero-order valence-corrected chi connectivity index (χ0v) is 19.1. The molecule has 1 aromatic rings. The summed E-state index contributed by atoms with van der Waals surface area (Å²) in [5.41, 5.74) is 1.32. The van der Waals surface area contributed by atoms with Crippen molar-refractivity contribution in [3.05, 3.63) is 35.9 Å². The molecule has 0 aliphatic carbocycles. The summed E-state index contributed by atoms with van der Waals surface area (Å²) in [6, 6.07) is 10.9. The van der Waals surface area contributed by atoms with Crippen molar-refractivity contribution in [2.75, 3.05) is 44.7 Å². The van der Waals surface area contributed by atoms with E-state index in [4.69, 9.17) is 0 Å². The number of halogens is 1. The van der Waals surface area contributed by atoms with Gasteiger partial charge in [-0.15, -0.1) is 24.0 Å². The SMILES string of the molecule is CN=C(NCC1CCS(=O)(=O)C1)NCC(c1ccccc1)N1CCCC1.I. The first-order valence-corrected chi connectivity index (χ1v) is 11.3. The van der Waals surface area contributed by atoms with E-state index in [0.717, 1.165) is 32.0 Å². The zero-order chi connectivity index (χ0) is 18.4. The first kappa shape index (κ1) is 22.4. The van der Waals surface area contributed by atoms with E-state index in [-0.39, 0.29) is 35.6 Å². The predicted molar refractivity (Wildman–Crippen MR) is 122 cm³/mol. The van der Waals surface area contributed by atoms with E-state index >= 15 is 0 Å². The lowest BCUT2D eigenvalue weighted by atomic mass is 10.1. The minimum absolute atomic E-state index is 0. The lowest BCUT2D eigenvalue weighted by molar-refractivity contribution is 0.245. The molecule has 2 unspecified atom stereocenters. The van der Waals surface area contributed by atoms with Gasteiger partial charge in [0.1, 0.15) is 0 Å². The van der Waals surface area contributed by atoms with Gasteiger partial charge >= 0.3 is 0 Å². The lowest BCUT2D eigenvalue weighted by Crippen LogP contribution is -2.44. The summed E-state index contributed by atoms with van der Waals surface area (Å²) >= 11 is 0. The molecule has 2 aliphatic rings. The lowest BCUT2D eigenvalue weighted by Gasteiger charge is -2.29. The molecule has 0 spiro atoms. The number of hydrogen-bond acceptors (Lipinski definition) is 4. The smallest absolute Gasteiger partial charge is 0.191 e. The highest BCUT2D eigenvalue weighted by atomic mass is 127. The van der Waals surface area contributed by atoms with Crippen LogP contribution in [0.5, 0.6) is 0 Å². The summed E-state index contributed by atoms with van der Waals surface area (Å²) in [5.74, 6) is 1.53. The molecule has 0 saturated carbocycles. The van der Waals surface area contributed by atoms with Gasteiger partial charge in [-0.25, -0.2) is 8.42 Å². The predicted octanol–water partition coefficient (Wildman–Crippen LogP) is 2.04. The molecular formula is C19H31IN4O2S. The number of rotatable bonds is 6. The molecule has 27 heavy (non-hydrogen) atoms. The van der Waals surface area contributed by atoms with E-state index in [2.05, 4.69) is 44.8 Å². The van der Waals surface area contributed by atoms with E-state index in [1.54, 1.807) is 7.05 Å². The molecule has 2 fully saturated rings. The molecular weight excluding hydrogens is 475 g/mol. The van der Waals surface area contributed by atoms with Gasteiger partial charge in [0.05, 0.1) is 17.5 Å². The zero-order valence-electron chi connectivity index (χ0n) is 15.9. The Morgan fingerprint density at radius 1 is 1.22 bits per heavy atom. The third kappa shape index (κ3) is 6.60. The first-order chi connectivity index (χ1) is 12.6. The van der Waals surface area contributed by atoms with Crippen LogP contribution in [0.3, 0.4) is 0 Å². The maximum atomic E-state index is 11.6. The first-order valence-electron chi connectivity index (χ1n) is 9.51. The van der Waals surface area contributed by atoms with Gasteiger partial charge in [0, 0.05) is 20.1 Å². The van der Waals surface area contributed by atoms with Crippen LogP contribution in [-0.2, 0) is 9.84 Å². The van der Waals surface area contributed by atoms with Crippen LogP contribution in [-0.4, -0.2) is 64.0 Å². The molecule has 8 heteroatoms. The average Bonchev–Trinajstić information content (AvgIpc) is 3.28. The minimum atomic E-state index is -2.83. The summed E-state index contributed by atoms with van der Waals surface area (Å²) < 4.78 is 23.2. The third-order valence-corrected chi connectivity index (χ3v) is 7.17. The van der Waals surface area contributed by atoms with Crippen LogP contribution < -0.4 is 10.6 Å². The summed E-state index contributed by atoms with van der Waals surface area (Å²) in [6.45, 7) is 3.70. The summed E-state index contributed by atoms with van der Waals surface area (Å²) in [6.07, 6.45) is 3.26. The van der Waals surface area contributed by atoms with Gasteiger partial charge in [-0.1, -0.05) is 30.3 Å². The van der Waals surface area contributed by atoms with Crippen molar-refractivity contribution in [3.63, 3.8) is 0 Å². The van der Waals surface area contributed by atoms with Crippen molar-refractivity contribution in [1.82, 2.24) is 15.5 Å². The van der Waals surface area contributed by atoms with Crippen molar-refractivity contribution in [2.45, 2.75) is 25.3 Å². The van der Waals surface area contributed by atoms with Gasteiger partial charge in [-0.2, -0.15) is 0 Å². The summed E-state index contributed by atoms with van der Waals surface area (Å²) in [7, 11) is -1.07. The molecule has 6 nitrogen and oxygen atoms in total. The summed E-state index contributed by atoms with van der Waals surface area (Å²) in [5, 5.41) is 6.74. The fourth-order valence-electron chi connectivity index (χ4n) is 3.87. The Bertz CT molecular complexity index is 706. The number of sulfone groups is 1. The standard InChI is InChI=1S/C19H30N4O2S.HI/c1-20-19(21-13-16-9-12-26(24,25)15-16)22-14-18(23-10-5-6-11-23)17-7-3-2-4-8-17;/h2-4,7-8,16,18H,5-6,9-15H2,1H3,(H2,20,21,22);1H. The highest BCUT2D eigenvalue weighted by Crippen LogP contribution is 2.24. The molecule has 2 atom stereocenters. The quantitative estimate of drug-likeness (QED) is 0.351. The second kappa shape index (κ2) is 10.6. The van der Waals surface area contributed by atoms with E-state index in [0.29, 0.717) is 18.3 Å². The van der Waals surface area contributed by atoms with Crippen LogP contribution in [0.2, 0.25) is 0 Å². The fraction of sp³-hybridized carbons (Fsp3) is 0.632. The number of likely N-dealkylation sites (tertiary alicyclic amines) is 1. The Morgan fingerprint density at radius 2 is 1.93 bits per heavy atom. The van der Waals surface area contributed by atoms with Crippen LogP contribution >= 0.6 is 24.0 Å².